The van der Waals surface area contributed by atoms with E-state index in [0.29, 0.717) is 6.61 Å². The summed E-state index contributed by atoms with van der Waals surface area (Å²) >= 11 is 3.17. The fourth-order valence-electron chi connectivity index (χ4n) is 2.56. The summed E-state index contributed by atoms with van der Waals surface area (Å²) in [6.45, 7) is 4.22. The molecule has 1 N–H and O–H groups in total. The predicted octanol–water partition coefficient (Wildman–Crippen LogP) is 3.80. The highest BCUT2D eigenvalue weighted by Gasteiger charge is 2.28. The molecule has 0 bridgehead atoms. The molecule has 1 aliphatic rings. The smallest absolute Gasteiger partial charge is 0.173 e. The Kier molecular flexibility index (Phi) is 5.30. The number of halogens is 3. The first-order valence-corrected chi connectivity index (χ1v) is 7.39. The van der Waals surface area contributed by atoms with E-state index in [1.165, 1.54) is 6.07 Å². The normalized spacial score (nSPS) is 21.4. The lowest BCUT2D eigenvalue weighted by Crippen LogP contribution is -2.33. The molecule has 0 saturated carbocycles. The maximum absolute atomic E-state index is 13.7. The van der Waals surface area contributed by atoms with Crippen LogP contribution in [0.2, 0.25) is 0 Å². The van der Waals surface area contributed by atoms with E-state index in [9.17, 15) is 8.78 Å². The fraction of sp³-hybridized carbons (Fsp3) is 0.571. The van der Waals surface area contributed by atoms with Gasteiger partial charge in [0.15, 0.2) is 11.6 Å². The summed E-state index contributed by atoms with van der Waals surface area (Å²) in [5.41, 5.74) is 0.760. The van der Waals surface area contributed by atoms with Crippen molar-refractivity contribution in [3.05, 3.63) is 33.8 Å². The first kappa shape index (κ1) is 14.9. The number of hydrogen-bond donors (Lipinski definition) is 1. The van der Waals surface area contributed by atoms with Crippen LogP contribution in [0.15, 0.2) is 16.6 Å². The van der Waals surface area contributed by atoms with E-state index in [2.05, 4.69) is 21.2 Å². The van der Waals surface area contributed by atoms with Gasteiger partial charge >= 0.3 is 0 Å². The molecular weight excluding hydrogens is 316 g/mol. The minimum absolute atomic E-state index is 0.0187. The minimum atomic E-state index is -0.828. The van der Waals surface area contributed by atoms with E-state index in [1.54, 1.807) is 6.07 Å². The van der Waals surface area contributed by atoms with E-state index >= 15 is 0 Å². The molecule has 0 spiro atoms. The molecule has 0 amide bonds. The van der Waals surface area contributed by atoms with Crippen LogP contribution in [0.3, 0.4) is 0 Å². The number of hydrogen-bond acceptors (Lipinski definition) is 2. The summed E-state index contributed by atoms with van der Waals surface area (Å²) in [5.74, 6) is -1.36. The zero-order valence-electron chi connectivity index (χ0n) is 10.9. The van der Waals surface area contributed by atoms with Crippen molar-refractivity contribution in [2.75, 3.05) is 19.8 Å². The highest BCUT2D eigenvalue weighted by atomic mass is 79.9. The first-order valence-electron chi connectivity index (χ1n) is 6.59. The van der Waals surface area contributed by atoms with Gasteiger partial charge in [0.05, 0.1) is 11.1 Å². The Hall–Kier alpha value is -0.520. The molecule has 1 aliphatic heterocycles. The van der Waals surface area contributed by atoms with E-state index in [1.807, 2.05) is 6.92 Å². The lowest BCUT2D eigenvalue weighted by Gasteiger charge is -2.31. The Bertz CT molecular complexity index is 436. The van der Waals surface area contributed by atoms with Gasteiger partial charge in [-0.15, -0.1) is 0 Å². The van der Waals surface area contributed by atoms with Crippen LogP contribution in [0.1, 0.15) is 31.4 Å². The molecule has 5 heteroatoms. The average molecular weight is 334 g/mol. The largest absolute Gasteiger partial charge is 0.381 e. The molecule has 1 aromatic carbocycles. The summed E-state index contributed by atoms with van der Waals surface area (Å²) in [6.07, 6.45) is 2.04. The Labute approximate surface area is 120 Å². The van der Waals surface area contributed by atoms with Gasteiger partial charge in [-0.3, -0.25) is 0 Å². The molecule has 2 rings (SSSR count). The second-order valence-electron chi connectivity index (χ2n) is 4.78. The Balaban J connectivity index is 2.30. The zero-order chi connectivity index (χ0) is 13.8. The van der Waals surface area contributed by atoms with Crippen molar-refractivity contribution < 1.29 is 13.5 Å². The second-order valence-corrected chi connectivity index (χ2v) is 5.57. The molecule has 1 aromatic rings. The SMILES string of the molecule is CCNC(c1ccc(F)c(F)c1Br)C1CCCOC1. The third-order valence-corrected chi connectivity index (χ3v) is 4.30. The number of rotatable bonds is 4. The van der Waals surface area contributed by atoms with Crippen molar-refractivity contribution in [1.82, 2.24) is 5.32 Å². The second kappa shape index (κ2) is 6.77. The van der Waals surface area contributed by atoms with Gasteiger partial charge in [-0.2, -0.15) is 0 Å². The number of ether oxygens (including phenoxy) is 1. The van der Waals surface area contributed by atoms with Gasteiger partial charge < -0.3 is 10.1 Å². The van der Waals surface area contributed by atoms with Crippen LogP contribution in [-0.4, -0.2) is 19.8 Å². The van der Waals surface area contributed by atoms with Gasteiger partial charge in [0, 0.05) is 18.6 Å². The van der Waals surface area contributed by atoms with Gasteiger partial charge in [0.1, 0.15) is 0 Å². The van der Waals surface area contributed by atoms with Gasteiger partial charge in [-0.1, -0.05) is 13.0 Å². The molecule has 1 heterocycles. The van der Waals surface area contributed by atoms with E-state index in [0.717, 1.165) is 31.6 Å². The first-order chi connectivity index (χ1) is 9.15. The molecule has 106 valence electrons. The third-order valence-electron chi connectivity index (χ3n) is 3.49. The van der Waals surface area contributed by atoms with Gasteiger partial charge in [0.2, 0.25) is 0 Å². The quantitative estimate of drug-likeness (QED) is 0.846. The zero-order valence-corrected chi connectivity index (χ0v) is 12.5. The van der Waals surface area contributed by atoms with Crippen molar-refractivity contribution in [3.8, 4) is 0 Å². The summed E-state index contributed by atoms with van der Waals surface area (Å²) in [5, 5.41) is 3.36. The third kappa shape index (κ3) is 3.33. The van der Waals surface area contributed by atoms with Crippen molar-refractivity contribution in [1.29, 1.82) is 0 Å². The summed E-state index contributed by atoms with van der Waals surface area (Å²) in [4.78, 5) is 0. The maximum atomic E-state index is 13.7. The van der Waals surface area contributed by atoms with Crippen molar-refractivity contribution in [2.24, 2.45) is 5.92 Å². The van der Waals surface area contributed by atoms with Crippen LogP contribution in [-0.2, 0) is 4.74 Å². The molecule has 2 nitrogen and oxygen atoms in total. The van der Waals surface area contributed by atoms with Crippen LogP contribution in [0.4, 0.5) is 8.78 Å². The van der Waals surface area contributed by atoms with E-state index in [4.69, 9.17) is 4.74 Å². The van der Waals surface area contributed by atoms with Gasteiger partial charge in [0.25, 0.3) is 0 Å². The molecular formula is C14H18BrF2NO. The van der Waals surface area contributed by atoms with Crippen LogP contribution in [0, 0.1) is 17.6 Å². The molecule has 2 unspecified atom stereocenters. The maximum Gasteiger partial charge on any atom is 0.173 e. The molecule has 19 heavy (non-hydrogen) atoms. The monoisotopic (exact) mass is 333 g/mol. The average Bonchev–Trinajstić information content (AvgIpc) is 2.44. The summed E-state index contributed by atoms with van der Waals surface area (Å²) in [7, 11) is 0. The fourth-order valence-corrected chi connectivity index (χ4v) is 3.13. The molecule has 1 fully saturated rings. The lowest BCUT2D eigenvalue weighted by molar-refractivity contribution is 0.0391. The molecule has 0 aliphatic carbocycles. The summed E-state index contributed by atoms with van der Waals surface area (Å²) < 4.78 is 32.6. The van der Waals surface area contributed by atoms with Crippen LogP contribution < -0.4 is 5.32 Å². The molecule has 2 atom stereocenters. The van der Waals surface area contributed by atoms with Crippen LogP contribution >= 0.6 is 15.9 Å². The van der Waals surface area contributed by atoms with Crippen LogP contribution in [0.5, 0.6) is 0 Å². The topological polar surface area (TPSA) is 21.3 Å². The summed E-state index contributed by atoms with van der Waals surface area (Å²) in [6, 6.07) is 2.81. The standard InChI is InChI=1S/C14H18BrF2NO/c1-2-18-14(9-4-3-7-19-8-9)10-5-6-11(16)13(17)12(10)15/h5-6,9,14,18H,2-4,7-8H2,1H3. The Morgan fingerprint density at radius 1 is 1.47 bits per heavy atom. The van der Waals surface area contributed by atoms with Crippen molar-refractivity contribution in [2.45, 2.75) is 25.8 Å². The minimum Gasteiger partial charge on any atom is -0.381 e. The van der Waals surface area contributed by atoms with Crippen LogP contribution in [0.25, 0.3) is 0 Å². The van der Waals surface area contributed by atoms with E-state index < -0.39 is 11.6 Å². The van der Waals surface area contributed by atoms with Crippen molar-refractivity contribution >= 4 is 15.9 Å². The lowest BCUT2D eigenvalue weighted by atomic mass is 9.88. The predicted molar refractivity (Wildman–Crippen MR) is 74.0 cm³/mol. The number of benzene rings is 1. The Morgan fingerprint density at radius 3 is 2.89 bits per heavy atom. The van der Waals surface area contributed by atoms with Crippen molar-refractivity contribution in [3.63, 3.8) is 0 Å². The molecule has 0 radical (unpaired) electrons. The van der Waals surface area contributed by atoms with Gasteiger partial charge in [-0.05, 0) is 46.9 Å². The van der Waals surface area contributed by atoms with E-state index in [-0.39, 0.29) is 16.4 Å². The number of nitrogens with one attached hydrogen (secondary N) is 1. The highest BCUT2D eigenvalue weighted by molar-refractivity contribution is 9.10. The Morgan fingerprint density at radius 2 is 2.26 bits per heavy atom. The molecule has 1 saturated heterocycles. The highest BCUT2D eigenvalue weighted by Crippen LogP contribution is 2.34. The molecule has 0 aromatic heterocycles. The van der Waals surface area contributed by atoms with Gasteiger partial charge in [-0.25, -0.2) is 8.78 Å².